The predicted molar refractivity (Wildman–Crippen MR) is 119 cm³/mol. The zero-order chi connectivity index (χ0) is 18.5. The second-order valence-electron chi connectivity index (χ2n) is 5.66. The lowest BCUT2D eigenvalue weighted by Crippen LogP contribution is -2.01. The van der Waals surface area contributed by atoms with E-state index in [1.807, 2.05) is 48.5 Å². The third-order valence-electron chi connectivity index (χ3n) is 3.70. The molecular weight excluding hydrogens is 545 g/mol. The Morgan fingerprint density at radius 2 is 1.42 bits per heavy atom. The van der Waals surface area contributed by atoms with Gasteiger partial charge in [0.1, 0.15) is 12.4 Å². The molecule has 0 aliphatic rings. The third kappa shape index (κ3) is 5.49. The maximum Gasteiger partial charge on any atom is 0.148 e. The minimum absolute atomic E-state index is 0.477. The van der Waals surface area contributed by atoms with E-state index < -0.39 is 0 Å². The average molecular weight is 561 g/mol. The lowest BCUT2D eigenvalue weighted by molar-refractivity contribution is 0.302. The SMILES string of the molecule is Clc1ccc(COc2c(Br)cc(CNc3ccc(Br)cc3)cc2Br)cc1. The Bertz CT molecular complexity index is 860. The van der Waals surface area contributed by atoms with Crippen molar-refractivity contribution in [1.82, 2.24) is 0 Å². The highest BCUT2D eigenvalue weighted by atomic mass is 79.9. The Morgan fingerprint density at radius 3 is 2.04 bits per heavy atom. The highest BCUT2D eigenvalue weighted by Crippen LogP contribution is 2.35. The Kier molecular flexibility index (Phi) is 7.04. The monoisotopic (exact) mass is 557 g/mol. The van der Waals surface area contributed by atoms with Crippen LogP contribution in [0, 0.1) is 0 Å². The van der Waals surface area contributed by atoms with E-state index in [0.29, 0.717) is 6.61 Å². The van der Waals surface area contributed by atoms with Gasteiger partial charge in [-0.05, 0) is 91.5 Å². The molecule has 26 heavy (non-hydrogen) atoms. The molecule has 0 saturated heterocycles. The molecule has 0 unspecified atom stereocenters. The molecule has 1 N–H and O–H groups in total. The van der Waals surface area contributed by atoms with E-state index in [1.54, 1.807) is 0 Å². The zero-order valence-corrected chi connectivity index (χ0v) is 19.1. The van der Waals surface area contributed by atoms with Crippen LogP contribution in [-0.4, -0.2) is 0 Å². The summed E-state index contributed by atoms with van der Waals surface area (Å²) in [7, 11) is 0. The van der Waals surface area contributed by atoms with Crippen molar-refractivity contribution in [2.75, 3.05) is 5.32 Å². The summed E-state index contributed by atoms with van der Waals surface area (Å²) in [5.41, 5.74) is 3.28. The smallest absolute Gasteiger partial charge is 0.148 e. The van der Waals surface area contributed by atoms with Crippen LogP contribution in [0.25, 0.3) is 0 Å². The second-order valence-corrected chi connectivity index (χ2v) is 8.72. The summed E-state index contributed by atoms with van der Waals surface area (Å²) in [6, 6.07) is 19.9. The van der Waals surface area contributed by atoms with E-state index in [-0.39, 0.29) is 0 Å². The van der Waals surface area contributed by atoms with Gasteiger partial charge in [0.2, 0.25) is 0 Å². The van der Waals surface area contributed by atoms with Crippen LogP contribution in [0.4, 0.5) is 5.69 Å². The minimum atomic E-state index is 0.477. The fraction of sp³-hybridized carbons (Fsp3) is 0.100. The molecule has 134 valence electrons. The van der Waals surface area contributed by atoms with Crippen LogP contribution in [0.3, 0.4) is 0 Å². The van der Waals surface area contributed by atoms with Gasteiger partial charge >= 0.3 is 0 Å². The summed E-state index contributed by atoms with van der Waals surface area (Å²) >= 11 is 16.6. The van der Waals surface area contributed by atoms with Gasteiger partial charge in [-0.1, -0.05) is 39.7 Å². The summed E-state index contributed by atoms with van der Waals surface area (Å²) in [5.74, 6) is 0.785. The molecule has 3 aromatic carbocycles. The van der Waals surface area contributed by atoms with Crippen molar-refractivity contribution in [2.45, 2.75) is 13.2 Å². The average Bonchev–Trinajstić information content (AvgIpc) is 2.62. The van der Waals surface area contributed by atoms with Gasteiger partial charge in [0.15, 0.2) is 0 Å². The fourth-order valence-electron chi connectivity index (χ4n) is 2.36. The minimum Gasteiger partial charge on any atom is -0.487 e. The molecule has 3 rings (SSSR count). The molecule has 0 bridgehead atoms. The Morgan fingerprint density at radius 1 is 0.808 bits per heavy atom. The highest BCUT2D eigenvalue weighted by molar-refractivity contribution is 9.11. The Labute approximate surface area is 183 Å². The van der Waals surface area contributed by atoms with Crippen molar-refractivity contribution in [2.24, 2.45) is 0 Å². The van der Waals surface area contributed by atoms with Gasteiger partial charge in [-0.2, -0.15) is 0 Å². The van der Waals surface area contributed by atoms with E-state index >= 15 is 0 Å². The first-order valence-corrected chi connectivity index (χ1v) is 10.6. The van der Waals surface area contributed by atoms with Gasteiger partial charge in [-0.25, -0.2) is 0 Å². The maximum atomic E-state index is 5.96. The molecule has 0 saturated carbocycles. The molecule has 2 nitrogen and oxygen atoms in total. The van der Waals surface area contributed by atoms with E-state index in [2.05, 4.69) is 65.2 Å². The van der Waals surface area contributed by atoms with Crippen molar-refractivity contribution in [3.05, 3.63) is 90.2 Å². The van der Waals surface area contributed by atoms with Crippen LogP contribution in [-0.2, 0) is 13.2 Å². The van der Waals surface area contributed by atoms with Crippen LogP contribution < -0.4 is 10.1 Å². The maximum absolute atomic E-state index is 5.96. The Hall–Kier alpha value is -1.01. The normalized spacial score (nSPS) is 10.6. The summed E-state index contributed by atoms with van der Waals surface area (Å²) in [5, 5.41) is 4.13. The number of hydrogen-bond acceptors (Lipinski definition) is 2. The van der Waals surface area contributed by atoms with E-state index in [1.165, 1.54) is 0 Å². The molecule has 0 spiro atoms. The van der Waals surface area contributed by atoms with Gasteiger partial charge in [0.25, 0.3) is 0 Å². The first-order chi connectivity index (χ1) is 12.5. The van der Waals surface area contributed by atoms with Crippen LogP contribution in [0.5, 0.6) is 5.75 Å². The first kappa shape index (κ1) is 19.7. The molecule has 6 heteroatoms. The van der Waals surface area contributed by atoms with Gasteiger partial charge in [-0.15, -0.1) is 0 Å². The molecule has 0 radical (unpaired) electrons. The second kappa shape index (κ2) is 9.27. The number of anilines is 1. The predicted octanol–water partition coefficient (Wildman–Crippen LogP) is 7.82. The summed E-state index contributed by atoms with van der Waals surface area (Å²) in [6.07, 6.45) is 0. The molecular formula is C20H15Br3ClNO. The van der Waals surface area contributed by atoms with E-state index in [0.717, 1.165) is 47.5 Å². The highest BCUT2D eigenvalue weighted by Gasteiger charge is 2.10. The summed E-state index contributed by atoms with van der Waals surface area (Å²) in [6.45, 7) is 1.20. The molecule has 0 aromatic heterocycles. The van der Waals surface area contributed by atoms with Crippen molar-refractivity contribution in [3.63, 3.8) is 0 Å². The van der Waals surface area contributed by atoms with Gasteiger partial charge < -0.3 is 10.1 Å². The van der Waals surface area contributed by atoms with Crippen LogP contribution in [0.1, 0.15) is 11.1 Å². The van der Waals surface area contributed by atoms with Crippen LogP contribution in [0.2, 0.25) is 5.02 Å². The molecule has 0 aliphatic heterocycles. The molecule has 0 fully saturated rings. The molecule has 3 aromatic rings. The van der Waals surface area contributed by atoms with E-state index in [9.17, 15) is 0 Å². The van der Waals surface area contributed by atoms with Crippen molar-refractivity contribution in [3.8, 4) is 5.75 Å². The van der Waals surface area contributed by atoms with Crippen molar-refractivity contribution < 1.29 is 4.74 Å². The lowest BCUT2D eigenvalue weighted by atomic mass is 10.2. The number of rotatable bonds is 6. The van der Waals surface area contributed by atoms with Crippen molar-refractivity contribution >= 4 is 65.1 Å². The fourth-order valence-corrected chi connectivity index (χ4v) is 4.26. The number of nitrogens with one attached hydrogen (secondary N) is 1. The Balaban J connectivity index is 1.65. The van der Waals surface area contributed by atoms with E-state index in [4.69, 9.17) is 16.3 Å². The third-order valence-corrected chi connectivity index (χ3v) is 5.65. The standard InChI is InChI=1S/C20H15Br3ClNO/c21-15-3-7-17(8-4-15)25-11-14-9-18(22)20(19(23)10-14)26-12-13-1-5-16(24)6-2-13/h1-10,25H,11-12H2. The first-order valence-electron chi connectivity index (χ1n) is 7.86. The zero-order valence-electron chi connectivity index (χ0n) is 13.6. The largest absolute Gasteiger partial charge is 0.487 e. The quantitative estimate of drug-likeness (QED) is 0.332. The van der Waals surface area contributed by atoms with Gasteiger partial charge in [-0.3, -0.25) is 0 Å². The number of hydrogen-bond donors (Lipinski definition) is 1. The van der Waals surface area contributed by atoms with Crippen LogP contribution in [0.15, 0.2) is 74.1 Å². The summed E-state index contributed by atoms with van der Waals surface area (Å²) in [4.78, 5) is 0. The van der Waals surface area contributed by atoms with Crippen molar-refractivity contribution in [1.29, 1.82) is 0 Å². The molecule has 0 aliphatic carbocycles. The lowest BCUT2D eigenvalue weighted by Gasteiger charge is -2.13. The van der Waals surface area contributed by atoms with Gasteiger partial charge in [0, 0.05) is 21.7 Å². The van der Waals surface area contributed by atoms with Crippen LogP contribution >= 0.6 is 59.4 Å². The number of halogens is 4. The number of benzene rings is 3. The number of ether oxygens (including phenoxy) is 1. The topological polar surface area (TPSA) is 21.3 Å². The van der Waals surface area contributed by atoms with Gasteiger partial charge in [0.05, 0.1) is 8.95 Å². The molecule has 0 atom stereocenters. The molecule has 0 heterocycles. The molecule has 0 amide bonds. The summed E-state index contributed by atoms with van der Waals surface area (Å²) < 4.78 is 8.85.